The average Bonchev–Trinajstić information content (AvgIpc) is 0.811. The van der Waals surface area contributed by atoms with E-state index in [1.807, 2.05) is 0 Å². The third kappa shape index (κ3) is 12300. The maximum Gasteiger partial charge on any atom is 0.273 e. The van der Waals surface area contributed by atoms with Crippen LogP contribution in [0, 0.1) is 0 Å². The first kappa shape index (κ1) is 8.90. The molecule has 0 atom stereocenters. The molecule has 0 fully saturated rings. The van der Waals surface area contributed by atoms with Crippen molar-refractivity contribution >= 4 is 28.8 Å². The first-order valence-corrected chi connectivity index (χ1v) is 1.16. The quantitative estimate of drug-likeness (QED) is 0.320. The topological polar surface area (TPSA) is 43.1 Å². The zero-order valence-electron chi connectivity index (χ0n) is 2.43. The fourth-order valence-electron chi connectivity index (χ4n) is 0. The van der Waals surface area contributed by atoms with Crippen LogP contribution in [0.25, 0.3) is 0 Å². The normalized spacial score (nSPS) is 5.00. The summed E-state index contributed by atoms with van der Waals surface area (Å²) in [4.78, 5) is 9.09. The minimum Gasteiger partial charge on any atom is -0.361 e. The standard InChI is InChI=1S/CH3NOS.Si/c2-1(3)4;/h(H3,2,3,4);. The summed E-state index contributed by atoms with van der Waals surface area (Å²) in [7, 11) is 0. The lowest BCUT2D eigenvalue weighted by atomic mass is 11.5. The van der Waals surface area contributed by atoms with Gasteiger partial charge in [-0.25, -0.2) is 0 Å². The van der Waals surface area contributed by atoms with Crippen molar-refractivity contribution in [1.29, 1.82) is 0 Å². The summed E-state index contributed by atoms with van der Waals surface area (Å²) in [5.74, 6) is 0. The monoisotopic (exact) mass is 105 g/mol. The molecular formula is CH3NOSSi. The van der Waals surface area contributed by atoms with Crippen molar-refractivity contribution in [1.82, 2.24) is 0 Å². The second-order valence-corrected chi connectivity index (χ2v) is 0.779. The van der Waals surface area contributed by atoms with E-state index in [2.05, 4.69) is 18.4 Å². The van der Waals surface area contributed by atoms with Crippen molar-refractivity contribution in [3.05, 3.63) is 0 Å². The average molecular weight is 105 g/mol. The van der Waals surface area contributed by atoms with Crippen molar-refractivity contribution in [3.8, 4) is 0 Å². The number of primary amides is 1. The summed E-state index contributed by atoms with van der Waals surface area (Å²) >= 11 is 3.10. The summed E-state index contributed by atoms with van der Waals surface area (Å²) in [5.41, 5.74) is 4.34. The first-order valence-electron chi connectivity index (χ1n) is 0.716. The van der Waals surface area contributed by atoms with Gasteiger partial charge in [-0.3, -0.25) is 4.79 Å². The Labute approximate surface area is 40.2 Å². The van der Waals surface area contributed by atoms with Gasteiger partial charge in [0.25, 0.3) is 5.24 Å². The van der Waals surface area contributed by atoms with Crippen LogP contribution in [0.15, 0.2) is 0 Å². The van der Waals surface area contributed by atoms with Gasteiger partial charge in [-0.15, -0.1) is 0 Å². The van der Waals surface area contributed by atoms with Gasteiger partial charge in [-0.05, 0) is 0 Å². The fraction of sp³-hybridized carbons (Fsp3) is 0. The van der Waals surface area contributed by atoms with Gasteiger partial charge >= 0.3 is 0 Å². The van der Waals surface area contributed by atoms with Crippen molar-refractivity contribution < 1.29 is 4.79 Å². The van der Waals surface area contributed by atoms with Gasteiger partial charge in [0.2, 0.25) is 0 Å². The number of thiol groups is 1. The van der Waals surface area contributed by atoms with Gasteiger partial charge in [0.05, 0.1) is 0 Å². The second-order valence-electron chi connectivity index (χ2n) is 0.338. The largest absolute Gasteiger partial charge is 0.361 e. The molecule has 0 aliphatic heterocycles. The highest BCUT2D eigenvalue weighted by atomic mass is 32.1. The number of carbonyl (C=O) groups is 1. The van der Waals surface area contributed by atoms with Crippen LogP contribution in [0.2, 0.25) is 0 Å². The van der Waals surface area contributed by atoms with Crippen LogP contribution in [0.4, 0.5) is 4.79 Å². The fourth-order valence-corrected chi connectivity index (χ4v) is 0. The van der Waals surface area contributed by atoms with E-state index in [9.17, 15) is 0 Å². The predicted octanol–water partition coefficient (Wildman–Crippen LogP) is -0.386. The molecule has 4 heteroatoms. The highest BCUT2D eigenvalue weighted by molar-refractivity contribution is 7.96. The molecule has 0 unspecified atom stereocenters. The van der Waals surface area contributed by atoms with Crippen molar-refractivity contribution in [2.45, 2.75) is 0 Å². The maximum atomic E-state index is 9.09. The van der Waals surface area contributed by atoms with Gasteiger partial charge in [0, 0.05) is 11.0 Å². The molecule has 0 aliphatic carbocycles. The number of rotatable bonds is 0. The number of carbonyl (C=O) groups excluding carboxylic acids is 1. The summed E-state index contributed by atoms with van der Waals surface area (Å²) in [6.07, 6.45) is 0. The molecule has 0 rings (SSSR count). The molecule has 2 N–H and O–H groups in total. The third-order valence-electron chi connectivity index (χ3n) is 0. The van der Waals surface area contributed by atoms with Gasteiger partial charge in [-0.1, -0.05) is 12.6 Å². The van der Waals surface area contributed by atoms with Gasteiger partial charge in [0.1, 0.15) is 0 Å². The molecule has 0 bridgehead atoms. The zero-order valence-corrected chi connectivity index (χ0v) is 4.33. The Morgan fingerprint density at radius 3 is 1.80 bits per heavy atom. The zero-order chi connectivity index (χ0) is 3.58. The van der Waals surface area contributed by atoms with Crippen LogP contribution < -0.4 is 5.73 Å². The Morgan fingerprint density at radius 2 is 1.80 bits per heavy atom. The Morgan fingerprint density at radius 1 is 1.80 bits per heavy atom. The number of amides is 1. The van der Waals surface area contributed by atoms with Gasteiger partial charge in [-0.2, -0.15) is 0 Å². The van der Waals surface area contributed by atoms with Crippen LogP contribution in [0.1, 0.15) is 0 Å². The molecule has 0 spiro atoms. The van der Waals surface area contributed by atoms with Crippen LogP contribution in [0.3, 0.4) is 0 Å². The highest BCUT2D eigenvalue weighted by Crippen LogP contribution is 1.60. The second kappa shape index (κ2) is 4.04. The van der Waals surface area contributed by atoms with Crippen molar-refractivity contribution in [2.24, 2.45) is 5.73 Å². The summed E-state index contributed by atoms with van der Waals surface area (Å²) in [6.45, 7) is 0. The molecule has 0 heterocycles. The molecule has 0 saturated carbocycles. The van der Waals surface area contributed by atoms with E-state index < -0.39 is 5.24 Å². The van der Waals surface area contributed by atoms with Crippen LogP contribution >= 0.6 is 12.6 Å². The lowest BCUT2D eigenvalue weighted by Gasteiger charge is -1.58. The molecule has 2 nitrogen and oxygen atoms in total. The molecule has 4 radical (unpaired) electrons. The van der Waals surface area contributed by atoms with Gasteiger partial charge < -0.3 is 5.73 Å². The van der Waals surface area contributed by atoms with E-state index in [-0.39, 0.29) is 11.0 Å². The number of hydrogen-bond donors (Lipinski definition) is 2. The lowest BCUT2D eigenvalue weighted by Crippen LogP contribution is -1.95. The highest BCUT2D eigenvalue weighted by Gasteiger charge is 1.63. The Kier molecular flexibility index (Phi) is 7.19. The smallest absolute Gasteiger partial charge is 0.273 e. The molecule has 0 aromatic rings. The van der Waals surface area contributed by atoms with Crippen molar-refractivity contribution in [2.75, 3.05) is 0 Å². The summed E-state index contributed by atoms with van der Waals surface area (Å²) in [5, 5.41) is -0.639. The van der Waals surface area contributed by atoms with Crippen LogP contribution in [-0.2, 0) is 0 Å². The SMILES string of the molecule is NC(=O)S.[Si]. The molecule has 5 heavy (non-hydrogen) atoms. The molecule has 0 aliphatic rings. The predicted molar refractivity (Wildman–Crippen MR) is 24.3 cm³/mol. The minimum absolute atomic E-state index is 0. The number of hydrogen-bond acceptors (Lipinski definition) is 1. The summed E-state index contributed by atoms with van der Waals surface area (Å²) in [6, 6.07) is 0. The lowest BCUT2D eigenvalue weighted by molar-refractivity contribution is 0.267. The van der Waals surface area contributed by atoms with E-state index in [0.717, 1.165) is 0 Å². The van der Waals surface area contributed by atoms with Crippen LogP contribution in [-0.4, -0.2) is 16.2 Å². The first-order chi connectivity index (χ1) is 1.73. The van der Waals surface area contributed by atoms with E-state index in [1.54, 1.807) is 0 Å². The maximum absolute atomic E-state index is 9.09. The van der Waals surface area contributed by atoms with E-state index in [0.29, 0.717) is 0 Å². The Bertz CT molecular complexity index is 34.6. The Hall–Kier alpha value is 0.0369. The molecular weight excluding hydrogens is 102 g/mol. The molecule has 28 valence electrons. The minimum atomic E-state index is -0.639. The van der Waals surface area contributed by atoms with Crippen molar-refractivity contribution in [3.63, 3.8) is 0 Å². The molecule has 1 amide bonds. The Balaban J connectivity index is 0. The molecule has 0 aromatic heterocycles. The van der Waals surface area contributed by atoms with Gasteiger partial charge in [0.15, 0.2) is 0 Å². The molecule has 0 aromatic carbocycles. The van der Waals surface area contributed by atoms with E-state index in [4.69, 9.17) is 4.79 Å². The third-order valence-corrected chi connectivity index (χ3v) is 0. The van der Waals surface area contributed by atoms with E-state index in [1.165, 1.54) is 0 Å². The van der Waals surface area contributed by atoms with E-state index >= 15 is 0 Å². The summed E-state index contributed by atoms with van der Waals surface area (Å²) < 4.78 is 0. The number of nitrogens with two attached hydrogens (primary N) is 1. The van der Waals surface area contributed by atoms with Crippen LogP contribution in [0.5, 0.6) is 0 Å². The molecule has 0 saturated heterocycles.